The van der Waals surface area contributed by atoms with Crippen molar-refractivity contribution in [3.63, 3.8) is 0 Å². The van der Waals surface area contributed by atoms with Gasteiger partial charge in [0.1, 0.15) is 17.8 Å². The molecule has 228 valence electrons. The summed E-state index contributed by atoms with van der Waals surface area (Å²) >= 11 is 0. The van der Waals surface area contributed by atoms with Gasteiger partial charge in [0.15, 0.2) is 5.82 Å². The lowest BCUT2D eigenvalue weighted by molar-refractivity contribution is -0.194. The van der Waals surface area contributed by atoms with Crippen molar-refractivity contribution in [2.24, 2.45) is 11.3 Å². The van der Waals surface area contributed by atoms with Gasteiger partial charge in [0.05, 0.1) is 10.5 Å². The van der Waals surface area contributed by atoms with E-state index in [0.29, 0.717) is 12.4 Å². The average molecular weight is 626 g/mol. The molecule has 3 aromatic rings. The number of pyridine rings is 1. The lowest BCUT2D eigenvalue weighted by Gasteiger charge is -2.34. The maximum Gasteiger partial charge on any atom is 0.397 e. The molecule has 5 rings (SSSR count). The van der Waals surface area contributed by atoms with Crippen molar-refractivity contribution in [3.8, 4) is 11.7 Å². The number of anilines is 1. The Hall–Kier alpha value is -3.26. The van der Waals surface area contributed by atoms with Crippen LogP contribution < -0.4 is 14.4 Å². The van der Waals surface area contributed by atoms with Gasteiger partial charge in [-0.25, -0.2) is 22.8 Å². The zero-order valence-electron chi connectivity index (χ0n) is 23.7. The SMILES string of the molecule is Cc1cccc(S(=O)(=O)NC(=O)c2ccc(-n3ccc(OCC4(C(F)(F)F)CC4)n3)nc2N2C[C@@H](C)CC2(C)C)c1.S. The Kier molecular flexibility index (Phi) is 8.37. The number of amides is 1. The zero-order chi connectivity index (χ0) is 29.8. The van der Waals surface area contributed by atoms with Crippen LogP contribution >= 0.6 is 13.5 Å². The molecule has 1 aromatic carbocycles. The predicted molar refractivity (Wildman–Crippen MR) is 156 cm³/mol. The van der Waals surface area contributed by atoms with E-state index in [1.807, 2.05) is 18.7 Å². The van der Waals surface area contributed by atoms with Gasteiger partial charge in [0.2, 0.25) is 5.88 Å². The number of ether oxygens (including phenoxy) is 1. The molecule has 2 aromatic heterocycles. The van der Waals surface area contributed by atoms with E-state index in [4.69, 9.17) is 9.72 Å². The summed E-state index contributed by atoms with van der Waals surface area (Å²) in [5.41, 5.74) is -1.41. The summed E-state index contributed by atoms with van der Waals surface area (Å²) < 4.78 is 74.8. The first-order valence-electron chi connectivity index (χ1n) is 13.3. The Morgan fingerprint density at radius 1 is 1.17 bits per heavy atom. The van der Waals surface area contributed by atoms with Gasteiger partial charge in [-0.05, 0) is 75.8 Å². The van der Waals surface area contributed by atoms with Gasteiger partial charge in [-0.3, -0.25) is 4.79 Å². The molecule has 1 saturated carbocycles. The molecule has 0 unspecified atom stereocenters. The van der Waals surface area contributed by atoms with E-state index >= 15 is 0 Å². The number of alkyl halides is 3. The summed E-state index contributed by atoms with van der Waals surface area (Å²) in [6, 6.07) is 10.7. The standard InChI is InChI=1S/C28H32F3N5O4S.H2S/c1-18-6-5-7-20(14-18)41(38,39)34-25(37)21-8-9-22(32-24(21)35-16-19(2)15-26(35,3)4)36-13-10-23(33-36)40-17-27(11-12-27)28(29,30)31;/h5-10,13-14,19H,11-12,15-17H2,1-4H3,(H,34,37);1H2/t19-;/m0./s1. The Morgan fingerprint density at radius 3 is 2.48 bits per heavy atom. The van der Waals surface area contributed by atoms with E-state index in [2.05, 4.69) is 16.7 Å². The minimum Gasteiger partial charge on any atom is -0.476 e. The summed E-state index contributed by atoms with van der Waals surface area (Å²) in [5, 5.41) is 4.24. The number of aromatic nitrogens is 3. The highest BCUT2D eigenvalue weighted by atomic mass is 32.2. The van der Waals surface area contributed by atoms with Gasteiger partial charge in [-0.1, -0.05) is 19.1 Å². The molecule has 0 spiro atoms. The van der Waals surface area contributed by atoms with Crippen LogP contribution in [-0.2, 0) is 10.0 Å². The minimum absolute atomic E-state index is 0. The highest BCUT2D eigenvalue weighted by Crippen LogP contribution is 2.57. The maximum atomic E-state index is 13.4. The van der Waals surface area contributed by atoms with Gasteiger partial charge in [0.25, 0.3) is 15.9 Å². The van der Waals surface area contributed by atoms with E-state index in [-0.39, 0.29) is 60.0 Å². The number of nitrogens with zero attached hydrogens (tertiary/aromatic N) is 4. The van der Waals surface area contributed by atoms with Crippen molar-refractivity contribution in [2.75, 3.05) is 18.1 Å². The molecule has 2 aliphatic rings. The number of carbonyl (C=O) groups excluding carboxylic acids is 1. The monoisotopic (exact) mass is 625 g/mol. The molecule has 14 heteroatoms. The van der Waals surface area contributed by atoms with Crippen LogP contribution in [0.1, 0.15) is 56.0 Å². The van der Waals surface area contributed by atoms with Crippen molar-refractivity contribution in [1.29, 1.82) is 0 Å². The largest absolute Gasteiger partial charge is 0.476 e. The smallest absolute Gasteiger partial charge is 0.397 e. The van der Waals surface area contributed by atoms with E-state index in [9.17, 15) is 26.4 Å². The van der Waals surface area contributed by atoms with Crippen molar-refractivity contribution in [1.82, 2.24) is 19.5 Å². The van der Waals surface area contributed by atoms with Crippen LogP contribution in [0.2, 0.25) is 0 Å². The van der Waals surface area contributed by atoms with Crippen LogP contribution in [0.5, 0.6) is 5.88 Å². The predicted octanol–water partition coefficient (Wildman–Crippen LogP) is 5.15. The summed E-state index contributed by atoms with van der Waals surface area (Å²) in [6.45, 7) is 7.94. The molecule has 1 saturated heterocycles. The molecule has 2 fully saturated rings. The van der Waals surface area contributed by atoms with Gasteiger partial charge in [0, 0.05) is 24.3 Å². The van der Waals surface area contributed by atoms with Gasteiger partial charge >= 0.3 is 6.18 Å². The first-order chi connectivity index (χ1) is 19.1. The summed E-state index contributed by atoms with van der Waals surface area (Å²) in [7, 11) is -4.15. The van der Waals surface area contributed by atoms with Crippen molar-refractivity contribution in [3.05, 3.63) is 59.8 Å². The second-order valence-corrected chi connectivity index (χ2v) is 13.4. The van der Waals surface area contributed by atoms with Crippen molar-refractivity contribution in [2.45, 2.75) is 63.6 Å². The average Bonchev–Trinajstić information content (AvgIpc) is 3.45. The van der Waals surface area contributed by atoms with Gasteiger partial charge in [-0.2, -0.15) is 26.7 Å². The molecule has 0 bridgehead atoms. The topological polar surface area (TPSA) is 106 Å². The fourth-order valence-electron chi connectivity index (χ4n) is 5.31. The second-order valence-electron chi connectivity index (χ2n) is 11.7. The van der Waals surface area contributed by atoms with E-state index in [1.54, 1.807) is 19.1 Å². The minimum atomic E-state index is -4.34. The third kappa shape index (κ3) is 6.24. The number of hydrogen-bond acceptors (Lipinski definition) is 7. The Morgan fingerprint density at radius 2 is 1.88 bits per heavy atom. The van der Waals surface area contributed by atoms with E-state index < -0.39 is 34.1 Å². The molecule has 1 atom stereocenters. The highest BCUT2D eigenvalue weighted by molar-refractivity contribution is 7.90. The lowest BCUT2D eigenvalue weighted by Crippen LogP contribution is -2.41. The van der Waals surface area contributed by atoms with Crippen LogP contribution in [0.4, 0.5) is 19.0 Å². The number of benzene rings is 1. The van der Waals surface area contributed by atoms with Crippen LogP contribution in [0.25, 0.3) is 5.82 Å². The third-order valence-electron chi connectivity index (χ3n) is 7.71. The third-order valence-corrected chi connectivity index (χ3v) is 9.04. The number of nitrogens with one attached hydrogen (secondary N) is 1. The fourth-order valence-corrected chi connectivity index (χ4v) is 6.38. The zero-order valence-corrected chi connectivity index (χ0v) is 25.5. The van der Waals surface area contributed by atoms with Crippen LogP contribution in [0.3, 0.4) is 0 Å². The number of halogens is 3. The summed E-state index contributed by atoms with van der Waals surface area (Å²) in [6.07, 6.45) is -1.96. The number of hydrogen-bond donors (Lipinski definition) is 1. The molecule has 1 amide bonds. The molecule has 9 nitrogen and oxygen atoms in total. The van der Waals surface area contributed by atoms with E-state index in [0.717, 1.165) is 12.0 Å². The Labute approximate surface area is 250 Å². The molecule has 1 N–H and O–H groups in total. The quantitative estimate of drug-likeness (QED) is 0.369. The number of aryl methyl sites for hydroxylation is 1. The van der Waals surface area contributed by atoms with Crippen LogP contribution in [-0.4, -0.2) is 54.0 Å². The number of carbonyl (C=O) groups is 1. The van der Waals surface area contributed by atoms with Crippen molar-refractivity contribution >= 4 is 35.2 Å². The van der Waals surface area contributed by atoms with E-state index in [1.165, 1.54) is 41.2 Å². The molecular formula is C28H34F3N5O4S2. The Balaban J connectivity index is 0.00000405. The normalized spacial score (nSPS) is 19.2. The Bertz CT molecular complexity index is 1590. The highest BCUT2D eigenvalue weighted by Gasteiger charge is 2.64. The molecule has 1 aliphatic carbocycles. The maximum absolute atomic E-state index is 13.4. The number of sulfonamides is 1. The van der Waals surface area contributed by atoms with Crippen molar-refractivity contribution < 1.29 is 31.1 Å². The molecule has 42 heavy (non-hydrogen) atoms. The molecule has 1 aliphatic heterocycles. The van der Waals surface area contributed by atoms with Gasteiger partial charge in [-0.15, -0.1) is 5.10 Å². The fraction of sp³-hybridized carbons (Fsp3) is 0.464. The first-order valence-corrected chi connectivity index (χ1v) is 14.8. The molecule has 3 heterocycles. The van der Waals surface area contributed by atoms with Crippen LogP contribution in [0, 0.1) is 18.3 Å². The first kappa shape index (κ1) is 31.7. The van der Waals surface area contributed by atoms with Crippen LogP contribution in [0.15, 0.2) is 53.6 Å². The molecule has 0 radical (unpaired) electrons. The summed E-state index contributed by atoms with van der Waals surface area (Å²) in [5.74, 6) is 0.0452. The van der Waals surface area contributed by atoms with Gasteiger partial charge < -0.3 is 9.64 Å². The second kappa shape index (κ2) is 11.1. The summed E-state index contributed by atoms with van der Waals surface area (Å²) in [4.78, 5) is 20.1. The lowest BCUT2D eigenvalue weighted by atomic mass is 9.97. The number of rotatable bonds is 8. The molecular weight excluding hydrogens is 591 g/mol.